The largest absolute Gasteiger partial charge is 0.261 e. The van der Waals surface area contributed by atoms with Crippen LogP contribution >= 0.6 is 0 Å². The van der Waals surface area contributed by atoms with E-state index in [1.54, 1.807) is 6.20 Å². The summed E-state index contributed by atoms with van der Waals surface area (Å²) in [5.74, 6) is 0.708. The fourth-order valence-electron chi connectivity index (χ4n) is 1.79. The van der Waals surface area contributed by atoms with E-state index in [2.05, 4.69) is 40.9 Å². The molecule has 4 heteroatoms. The molecule has 0 amide bonds. The molecule has 0 saturated heterocycles. The molecule has 1 atom stereocenters. The molecule has 1 unspecified atom stereocenters. The Bertz CT molecular complexity index is 496. The normalized spacial score (nSPS) is 12.7. The number of nitrogens with zero attached hydrogens (tertiary/aromatic N) is 4. The Labute approximate surface area is 108 Å². The Morgan fingerprint density at radius 3 is 2.61 bits per heavy atom. The molecule has 0 radical (unpaired) electrons. The molecule has 0 spiro atoms. The van der Waals surface area contributed by atoms with Gasteiger partial charge in [-0.25, -0.2) is 0 Å². The summed E-state index contributed by atoms with van der Waals surface area (Å²) in [6, 6.07) is 3.91. The van der Waals surface area contributed by atoms with Crippen LogP contribution < -0.4 is 0 Å². The minimum atomic E-state index is 0.301. The fraction of sp³-hybridized carbons (Fsp3) is 0.429. The van der Waals surface area contributed by atoms with E-state index in [1.165, 1.54) is 0 Å². The van der Waals surface area contributed by atoms with Gasteiger partial charge >= 0.3 is 0 Å². The summed E-state index contributed by atoms with van der Waals surface area (Å²) in [5, 5.41) is 8.04. The summed E-state index contributed by atoms with van der Waals surface area (Å²) in [4.78, 5) is 8.88. The maximum absolute atomic E-state index is 4.63. The maximum Gasteiger partial charge on any atom is 0.0663 e. The molecular weight excluding hydrogens is 224 g/mol. The van der Waals surface area contributed by atoms with Crippen molar-refractivity contribution in [3.8, 4) is 0 Å². The fourth-order valence-corrected chi connectivity index (χ4v) is 1.79. The number of hydrogen-bond donors (Lipinski definition) is 0. The van der Waals surface area contributed by atoms with E-state index in [0.29, 0.717) is 11.8 Å². The molecule has 0 bridgehead atoms. The monoisotopic (exact) mass is 242 g/mol. The van der Waals surface area contributed by atoms with Gasteiger partial charge in [-0.2, -0.15) is 10.2 Å². The number of aromatic nitrogens is 4. The Kier molecular flexibility index (Phi) is 3.97. The SMILES string of the molecule is CC(C)c1cncc(CC(C)c2cccnn2)n1. The first-order valence-electron chi connectivity index (χ1n) is 6.25. The number of rotatable bonds is 4. The predicted octanol–water partition coefficient (Wildman–Crippen LogP) is 2.74. The summed E-state index contributed by atoms with van der Waals surface area (Å²) >= 11 is 0. The Morgan fingerprint density at radius 2 is 1.94 bits per heavy atom. The molecule has 94 valence electrons. The van der Waals surface area contributed by atoms with E-state index in [1.807, 2.05) is 24.5 Å². The van der Waals surface area contributed by atoms with Gasteiger partial charge in [-0.05, 0) is 24.5 Å². The Hall–Kier alpha value is -1.84. The summed E-state index contributed by atoms with van der Waals surface area (Å²) in [5.41, 5.74) is 3.05. The molecule has 0 fully saturated rings. The van der Waals surface area contributed by atoms with Gasteiger partial charge in [-0.1, -0.05) is 20.8 Å². The molecule has 18 heavy (non-hydrogen) atoms. The van der Waals surface area contributed by atoms with Gasteiger partial charge in [0.05, 0.1) is 17.1 Å². The third-order valence-electron chi connectivity index (χ3n) is 2.91. The molecule has 2 rings (SSSR count). The van der Waals surface area contributed by atoms with Gasteiger partial charge in [0.15, 0.2) is 0 Å². The van der Waals surface area contributed by atoms with Crippen molar-refractivity contribution in [2.45, 2.75) is 39.0 Å². The molecule has 0 aliphatic heterocycles. The van der Waals surface area contributed by atoms with Crippen molar-refractivity contribution in [3.63, 3.8) is 0 Å². The third-order valence-corrected chi connectivity index (χ3v) is 2.91. The van der Waals surface area contributed by atoms with E-state index in [4.69, 9.17) is 0 Å². The molecule has 0 N–H and O–H groups in total. The molecule has 2 aromatic rings. The van der Waals surface area contributed by atoms with Gasteiger partial charge in [0.25, 0.3) is 0 Å². The van der Waals surface area contributed by atoms with E-state index >= 15 is 0 Å². The molecule has 0 saturated carbocycles. The summed E-state index contributed by atoms with van der Waals surface area (Å²) in [6.45, 7) is 6.38. The quantitative estimate of drug-likeness (QED) is 0.827. The van der Waals surface area contributed by atoms with Crippen LogP contribution in [0.25, 0.3) is 0 Å². The van der Waals surface area contributed by atoms with Crippen LogP contribution in [0.4, 0.5) is 0 Å². The van der Waals surface area contributed by atoms with Gasteiger partial charge in [-0.15, -0.1) is 0 Å². The summed E-state index contributed by atoms with van der Waals surface area (Å²) in [6.07, 6.45) is 6.20. The second-order valence-corrected chi connectivity index (χ2v) is 4.84. The molecule has 4 nitrogen and oxygen atoms in total. The van der Waals surface area contributed by atoms with Crippen LogP contribution in [0, 0.1) is 0 Å². The Morgan fingerprint density at radius 1 is 1.11 bits per heavy atom. The van der Waals surface area contributed by atoms with Crippen LogP contribution in [0.3, 0.4) is 0 Å². The summed E-state index contributed by atoms with van der Waals surface area (Å²) in [7, 11) is 0. The molecule has 2 aromatic heterocycles. The van der Waals surface area contributed by atoms with E-state index in [9.17, 15) is 0 Å². The lowest BCUT2D eigenvalue weighted by Crippen LogP contribution is -2.05. The van der Waals surface area contributed by atoms with Gasteiger partial charge < -0.3 is 0 Å². The van der Waals surface area contributed by atoms with Crippen molar-refractivity contribution in [1.82, 2.24) is 20.2 Å². The zero-order valence-electron chi connectivity index (χ0n) is 11.0. The van der Waals surface area contributed by atoms with Crippen LogP contribution in [0.15, 0.2) is 30.7 Å². The zero-order valence-corrected chi connectivity index (χ0v) is 11.0. The van der Waals surface area contributed by atoms with Gasteiger partial charge in [0.1, 0.15) is 0 Å². The molecule has 0 aromatic carbocycles. The lowest BCUT2D eigenvalue weighted by atomic mass is 10.0. The molecule has 0 aliphatic rings. The van der Waals surface area contributed by atoms with Crippen LogP contribution in [-0.4, -0.2) is 20.2 Å². The summed E-state index contributed by atoms with van der Waals surface area (Å²) < 4.78 is 0. The van der Waals surface area contributed by atoms with Crippen LogP contribution in [-0.2, 0) is 6.42 Å². The average molecular weight is 242 g/mol. The second-order valence-electron chi connectivity index (χ2n) is 4.84. The van der Waals surface area contributed by atoms with Crippen LogP contribution in [0.5, 0.6) is 0 Å². The standard InChI is InChI=1S/C14H18N4/c1-10(2)14-9-15-8-12(17-14)7-11(3)13-5-4-6-16-18-13/h4-6,8-11H,7H2,1-3H3. The van der Waals surface area contributed by atoms with Crippen LogP contribution in [0.1, 0.15) is 49.7 Å². The van der Waals surface area contributed by atoms with Gasteiger partial charge in [-0.3, -0.25) is 9.97 Å². The predicted molar refractivity (Wildman–Crippen MR) is 70.3 cm³/mol. The highest BCUT2D eigenvalue weighted by Crippen LogP contribution is 2.17. The van der Waals surface area contributed by atoms with Crippen LogP contribution in [0.2, 0.25) is 0 Å². The van der Waals surface area contributed by atoms with Crippen molar-refractivity contribution < 1.29 is 0 Å². The van der Waals surface area contributed by atoms with Crippen molar-refractivity contribution in [2.75, 3.05) is 0 Å². The molecule has 0 aliphatic carbocycles. The van der Waals surface area contributed by atoms with Crippen molar-refractivity contribution in [1.29, 1.82) is 0 Å². The second kappa shape index (κ2) is 5.67. The minimum absolute atomic E-state index is 0.301. The highest BCUT2D eigenvalue weighted by molar-refractivity contribution is 5.12. The average Bonchev–Trinajstić information content (AvgIpc) is 2.40. The highest BCUT2D eigenvalue weighted by atomic mass is 15.1. The van der Waals surface area contributed by atoms with Gasteiger partial charge in [0, 0.05) is 24.5 Å². The first kappa shape index (κ1) is 12.6. The first-order chi connectivity index (χ1) is 8.66. The van der Waals surface area contributed by atoms with Gasteiger partial charge in [0.2, 0.25) is 0 Å². The van der Waals surface area contributed by atoms with E-state index in [0.717, 1.165) is 23.5 Å². The molecule has 2 heterocycles. The third kappa shape index (κ3) is 3.09. The Balaban J connectivity index is 2.12. The maximum atomic E-state index is 4.63. The van der Waals surface area contributed by atoms with Crippen molar-refractivity contribution >= 4 is 0 Å². The minimum Gasteiger partial charge on any atom is -0.261 e. The zero-order chi connectivity index (χ0) is 13.0. The smallest absolute Gasteiger partial charge is 0.0663 e. The lowest BCUT2D eigenvalue weighted by molar-refractivity contribution is 0.684. The highest BCUT2D eigenvalue weighted by Gasteiger charge is 2.10. The van der Waals surface area contributed by atoms with Crippen molar-refractivity contribution in [3.05, 3.63) is 47.8 Å². The van der Waals surface area contributed by atoms with E-state index < -0.39 is 0 Å². The topological polar surface area (TPSA) is 51.6 Å². The first-order valence-corrected chi connectivity index (χ1v) is 6.25. The molecular formula is C14H18N4. The van der Waals surface area contributed by atoms with Crippen molar-refractivity contribution in [2.24, 2.45) is 0 Å². The number of hydrogen-bond acceptors (Lipinski definition) is 4. The lowest BCUT2D eigenvalue weighted by Gasteiger charge is -2.11. The van der Waals surface area contributed by atoms with E-state index in [-0.39, 0.29) is 0 Å².